The van der Waals surface area contributed by atoms with E-state index in [1.54, 1.807) is 0 Å². The third-order valence-corrected chi connectivity index (χ3v) is 9.92. The standard InChI is InChI=1S/C22H18N2O11S3.C4H6O2S.2Na/c23-20-17(37(29,30)31)11-16(18-19(20)22(26)15-7-2-1-6-14(15)21(18)25)24-12-4-3-5-13(10-12)36(27,28)9-8-35-38(32,33)34;1-3-7(5,6)4-2;;/h1-7,10-11,24H,8-9,23H2,(H,29,30,31)(H,32,33,34);3-4H,1-2H2;;/q;;2*+1/p-2. The first kappa shape index (κ1) is 42.8. The second kappa shape index (κ2) is 16.4. The van der Waals surface area contributed by atoms with Gasteiger partial charge >= 0.3 is 59.1 Å². The van der Waals surface area contributed by atoms with E-state index in [1.165, 1.54) is 36.4 Å². The third-order valence-electron chi connectivity index (χ3n) is 5.99. The molecule has 1 aliphatic carbocycles. The van der Waals surface area contributed by atoms with E-state index >= 15 is 0 Å². The predicted octanol–water partition coefficient (Wildman–Crippen LogP) is -4.36. The minimum Gasteiger partial charge on any atom is -0.744 e. The fraction of sp³-hybridized carbons (Fsp3) is 0.0769. The Morgan fingerprint density at radius 1 is 0.787 bits per heavy atom. The second-order valence-electron chi connectivity index (χ2n) is 8.87. The molecule has 0 radical (unpaired) electrons. The summed E-state index contributed by atoms with van der Waals surface area (Å²) in [7, 11) is -17.6. The van der Waals surface area contributed by atoms with Gasteiger partial charge in [-0.15, -0.1) is 0 Å². The quantitative estimate of drug-likeness (QED) is 0.0673. The molecule has 0 atom stereocenters. The number of ketones is 2. The van der Waals surface area contributed by atoms with E-state index in [0.717, 1.165) is 29.0 Å². The minimum atomic E-state index is -5.22. The number of fused-ring (bicyclic) bond motifs is 2. The molecular formula is C26H22N2Na2O13S4. The molecule has 0 aliphatic heterocycles. The van der Waals surface area contributed by atoms with Crippen LogP contribution in [0.25, 0.3) is 0 Å². The molecule has 0 bridgehead atoms. The van der Waals surface area contributed by atoms with Crippen molar-refractivity contribution in [3.05, 3.63) is 101 Å². The average Bonchev–Trinajstić information content (AvgIpc) is 2.95. The summed E-state index contributed by atoms with van der Waals surface area (Å²) in [5, 5.41) is 4.37. The van der Waals surface area contributed by atoms with Crippen molar-refractivity contribution in [3.63, 3.8) is 0 Å². The molecule has 0 fully saturated rings. The number of benzene rings is 3. The van der Waals surface area contributed by atoms with Crippen LogP contribution < -0.4 is 70.2 Å². The van der Waals surface area contributed by atoms with E-state index < -0.39 is 80.3 Å². The van der Waals surface area contributed by atoms with Gasteiger partial charge in [-0.1, -0.05) is 43.5 Å². The van der Waals surface area contributed by atoms with Gasteiger partial charge in [0.15, 0.2) is 31.2 Å². The van der Waals surface area contributed by atoms with E-state index in [9.17, 15) is 52.4 Å². The Kier molecular flexibility index (Phi) is 15.0. The predicted molar refractivity (Wildman–Crippen MR) is 159 cm³/mol. The van der Waals surface area contributed by atoms with Gasteiger partial charge in [0, 0.05) is 27.6 Å². The Labute approximate surface area is 315 Å². The van der Waals surface area contributed by atoms with Gasteiger partial charge in [-0.05, 0) is 24.3 Å². The van der Waals surface area contributed by atoms with Crippen LogP contribution in [0.15, 0.2) is 88.4 Å². The van der Waals surface area contributed by atoms with Crippen LogP contribution in [0.2, 0.25) is 0 Å². The van der Waals surface area contributed by atoms with Gasteiger partial charge in [0.1, 0.15) is 10.1 Å². The van der Waals surface area contributed by atoms with Gasteiger partial charge in [-0.3, -0.25) is 13.8 Å². The van der Waals surface area contributed by atoms with Crippen LogP contribution in [0.5, 0.6) is 0 Å². The van der Waals surface area contributed by atoms with Crippen molar-refractivity contribution in [1.29, 1.82) is 0 Å². The zero-order chi connectivity index (χ0) is 34.0. The summed E-state index contributed by atoms with van der Waals surface area (Å²) in [4.78, 5) is 25.2. The Hall–Kier alpha value is -2.24. The van der Waals surface area contributed by atoms with E-state index in [1.807, 2.05) is 0 Å². The summed E-state index contributed by atoms with van der Waals surface area (Å²) >= 11 is 0. The van der Waals surface area contributed by atoms with E-state index in [-0.39, 0.29) is 92.1 Å². The van der Waals surface area contributed by atoms with Gasteiger partial charge in [-0.25, -0.2) is 33.7 Å². The smallest absolute Gasteiger partial charge is 0.744 e. The average molecular weight is 745 g/mol. The summed E-state index contributed by atoms with van der Waals surface area (Å²) in [5.41, 5.74) is 4.03. The van der Waals surface area contributed by atoms with Crippen molar-refractivity contribution in [2.75, 3.05) is 23.4 Å². The molecular weight excluding hydrogens is 723 g/mol. The maximum atomic E-state index is 13.3. The number of hydrogen-bond donors (Lipinski definition) is 2. The molecule has 15 nitrogen and oxygen atoms in total. The van der Waals surface area contributed by atoms with Crippen molar-refractivity contribution in [2.24, 2.45) is 0 Å². The van der Waals surface area contributed by atoms with Crippen molar-refractivity contribution < 1.29 is 116 Å². The number of nitrogen functional groups attached to an aromatic ring is 1. The van der Waals surface area contributed by atoms with E-state index in [4.69, 9.17) is 5.73 Å². The van der Waals surface area contributed by atoms with Gasteiger partial charge < -0.3 is 20.2 Å². The molecule has 3 aromatic carbocycles. The van der Waals surface area contributed by atoms with Crippen molar-refractivity contribution >= 4 is 68.8 Å². The van der Waals surface area contributed by atoms with Crippen LogP contribution in [0.4, 0.5) is 17.1 Å². The van der Waals surface area contributed by atoms with Crippen LogP contribution in [-0.4, -0.2) is 66.7 Å². The van der Waals surface area contributed by atoms with Crippen molar-refractivity contribution in [2.45, 2.75) is 9.79 Å². The number of carbonyl (C=O) groups is 2. The van der Waals surface area contributed by atoms with Crippen LogP contribution in [0.1, 0.15) is 31.8 Å². The second-order valence-corrected chi connectivity index (χ2v) is 15.2. The fourth-order valence-electron chi connectivity index (χ4n) is 3.95. The monoisotopic (exact) mass is 744 g/mol. The zero-order valence-corrected chi connectivity index (χ0v) is 32.0. The summed E-state index contributed by atoms with van der Waals surface area (Å²) in [5.74, 6) is -2.35. The Morgan fingerprint density at radius 2 is 1.32 bits per heavy atom. The van der Waals surface area contributed by atoms with Gasteiger partial charge in [0.25, 0.3) is 0 Å². The van der Waals surface area contributed by atoms with Crippen molar-refractivity contribution in [1.82, 2.24) is 0 Å². The molecule has 0 unspecified atom stereocenters. The van der Waals surface area contributed by atoms with Gasteiger partial charge in [0.05, 0.1) is 44.7 Å². The topological polar surface area (TPSA) is 264 Å². The number of rotatable bonds is 10. The number of hydrogen-bond acceptors (Lipinski definition) is 15. The Morgan fingerprint density at radius 3 is 1.79 bits per heavy atom. The molecule has 1 aliphatic rings. The summed E-state index contributed by atoms with van der Waals surface area (Å²) in [6.45, 7) is 5.16. The first-order valence-corrected chi connectivity index (χ1v) is 18.0. The van der Waals surface area contributed by atoms with Crippen LogP contribution in [0, 0.1) is 0 Å². The molecule has 0 spiro atoms. The molecule has 3 aromatic rings. The minimum absolute atomic E-state index is 0. The largest absolute Gasteiger partial charge is 1.00 e. The first-order valence-electron chi connectivity index (χ1n) is 12.0. The molecule has 0 heterocycles. The molecule has 21 heteroatoms. The Balaban J connectivity index is 0.00000111. The molecule has 0 saturated heterocycles. The molecule has 0 amide bonds. The number of carbonyl (C=O) groups excluding carboxylic acids is 2. The van der Waals surface area contributed by atoms with Crippen LogP contribution in [0.3, 0.4) is 0 Å². The molecule has 240 valence electrons. The van der Waals surface area contributed by atoms with Crippen molar-refractivity contribution in [3.8, 4) is 0 Å². The zero-order valence-electron chi connectivity index (χ0n) is 24.7. The molecule has 0 aromatic heterocycles. The summed E-state index contributed by atoms with van der Waals surface area (Å²) in [6, 6.07) is 11.4. The van der Waals surface area contributed by atoms with Crippen LogP contribution in [-0.2, 0) is 44.4 Å². The summed E-state index contributed by atoms with van der Waals surface area (Å²) < 4.78 is 117. The molecule has 4 rings (SSSR count). The summed E-state index contributed by atoms with van der Waals surface area (Å²) in [6.07, 6.45) is 0. The van der Waals surface area contributed by atoms with E-state index in [2.05, 4.69) is 22.7 Å². The maximum absolute atomic E-state index is 13.3. The molecule has 47 heavy (non-hydrogen) atoms. The number of anilines is 3. The number of nitrogens with two attached hydrogens (primary N) is 1. The van der Waals surface area contributed by atoms with E-state index in [0.29, 0.717) is 0 Å². The number of nitrogens with one attached hydrogen (secondary N) is 1. The normalized spacial score (nSPS) is 12.6. The number of sulfone groups is 2. The SMILES string of the molecule is C=CS(=O)(=O)C=C.Nc1c(S(=O)(=O)[O-])cc(Nc2cccc(S(=O)(=O)CCOS(=O)(=O)[O-])c2)c2c1C(=O)c1ccccc1C2=O.[Na+].[Na+]. The maximum Gasteiger partial charge on any atom is 1.00 e. The first-order chi connectivity index (χ1) is 20.7. The van der Waals surface area contributed by atoms with Gasteiger partial charge in [-0.2, -0.15) is 0 Å². The van der Waals surface area contributed by atoms with Gasteiger partial charge in [0.2, 0.25) is 10.4 Å². The Bertz CT molecular complexity index is 2170. The molecule has 0 saturated carbocycles. The molecule has 3 N–H and O–H groups in total. The van der Waals surface area contributed by atoms with Crippen LogP contribution >= 0.6 is 0 Å². The fourth-order valence-corrected chi connectivity index (χ4v) is 6.25. The third kappa shape index (κ3) is 10.6.